The van der Waals surface area contributed by atoms with E-state index >= 15 is 0 Å². The fourth-order valence-corrected chi connectivity index (χ4v) is 2.77. The van der Waals surface area contributed by atoms with Crippen molar-refractivity contribution < 1.29 is 39.6 Å². The minimum Gasteiger partial charge on any atom is -0.478 e. The van der Waals surface area contributed by atoms with Crippen molar-refractivity contribution in [3.05, 3.63) is 45.5 Å². The van der Waals surface area contributed by atoms with Crippen molar-refractivity contribution in [1.82, 2.24) is 0 Å². The molecule has 2 rings (SSSR count). The summed E-state index contributed by atoms with van der Waals surface area (Å²) in [5.74, 6) is -5.80. The summed E-state index contributed by atoms with van der Waals surface area (Å²) in [6.07, 6.45) is 0. The van der Waals surface area contributed by atoms with Crippen molar-refractivity contribution in [3.8, 4) is 0 Å². The summed E-state index contributed by atoms with van der Waals surface area (Å²) in [6, 6.07) is 1.77. The zero-order valence-electron chi connectivity index (χ0n) is 12.6. The Labute approximate surface area is 134 Å². The first kappa shape index (κ1) is 16.9. The Bertz CT molecular complexity index is 866. The maximum absolute atomic E-state index is 11.5. The van der Waals surface area contributed by atoms with Gasteiger partial charge in [0.15, 0.2) is 0 Å². The van der Waals surface area contributed by atoms with Gasteiger partial charge in [-0.3, -0.25) is 0 Å². The van der Waals surface area contributed by atoms with Crippen LogP contribution in [0, 0.1) is 13.8 Å². The molecule has 0 radical (unpaired) electrons. The fraction of sp³-hybridized carbons (Fsp3) is 0.125. The summed E-state index contributed by atoms with van der Waals surface area (Å²) in [4.78, 5) is 45.7. The quantitative estimate of drug-likeness (QED) is 0.666. The van der Waals surface area contributed by atoms with E-state index in [1.807, 2.05) is 0 Å². The molecule has 2 aromatic rings. The smallest absolute Gasteiger partial charge is 0.336 e. The van der Waals surface area contributed by atoms with E-state index in [0.29, 0.717) is 0 Å². The van der Waals surface area contributed by atoms with E-state index in [9.17, 15) is 39.6 Å². The van der Waals surface area contributed by atoms with Crippen molar-refractivity contribution in [1.29, 1.82) is 0 Å². The van der Waals surface area contributed by atoms with Crippen molar-refractivity contribution in [3.63, 3.8) is 0 Å². The predicted molar refractivity (Wildman–Crippen MR) is 81.3 cm³/mol. The zero-order chi connectivity index (χ0) is 18.3. The molecular formula is C16H12O8. The van der Waals surface area contributed by atoms with Crippen LogP contribution in [-0.2, 0) is 0 Å². The highest BCUT2D eigenvalue weighted by atomic mass is 16.4. The van der Waals surface area contributed by atoms with Crippen LogP contribution in [0.4, 0.5) is 0 Å². The molecule has 4 N–H and O–H groups in total. The molecule has 0 atom stereocenters. The molecule has 0 aliphatic carbocycles. The van der Waals surface area contributed by atoms with Gasteiger partial charge in [-0.15, -0.1) is 0 Å². The lowest BCUT2D eigenvalue weighted by atomic mass is 9.87. The van der Waals surface area contributed by atoms with Crippen LogP contribution in [0.15, 0.2) is 12.1 Å². The Morgan fingerprint density at radius 2 is 0.875 bits per heavy atom. The molecule has 0 aliphatic rings. The second-order valence-corrected chi connectivity index (χ2v) is 5.16. The Hall–Kier alpha value is -3.42. The van der Waals surface area contributed by atoms with Gasteiger partial charge >= 0.3 is 23.9 Å². The Balaban J connectivity index is 3.25. The van der Waals surface area contributed by atoms with E-state index in [4.69, 9.17) is 0 Å². The molecular weight excluding hydrogens is 320 g/mol. The summed E-state index contributed by atoms with van der Waals surface area (Å²) in [7, 11) is 0. The average Bonchev–Trinajstić information content (AvgIpc) is 2.45. The first-order valence-electron chi connectivity index (χ1n) is 6.62. The van der Waals surface area contributed by atoms with Gasteiger partial charge in [0.1, 0.15) is 0 Å². The van der Waals surface area contributed by atoms with Gasteiger partial charge in [0.05, 0.1) is 22.3 Å². The standard InChI is InChI=1S/C16H12O8/c1-5-7(13(17)18)3-9(15(21)22)12-10(16(23)24)4-8(14(19)20)6(2)11(5)12/h3-4H,1-2H3,(H,17,18)(H,19,20)(H,21,22)(H,23,24). The first-order chi connectivity index (χ1) is 11.1. The predicted octanol–water partition coefficient (Wildman–Crippen LogP) is 2.25. The topological polar surface area (TPSA) is 149 Å². The second kappa shape index (κ2) is 5.65. The number of aromatic carboxylic acids is 4. The number of hydrogen-bond donors (Lipinski definition) is 4. The van der Waals surface area contributed by atoms with Crippen LogP contribution >= 0.6 is 0 Å². The van der Waals surface area contributed by atoms with Gasteiger partial charge in [0.2, 0.25) is 0 Å². The highest BCUT2D eigenvalue weighted by Gasteiger charge is 2.26. The number of carboxylic acids is 4. The third kappa shape index (κ3) is 2.43. The van der Waals surface area contributed by atoms with Gasteiger partial charge in [0.25, 0.3) is 0 Å². The van der Waals surface area contributed by atoms with Gasteiger partial charge < -0.3 is 20.4 Å². The summed E-state index contributed by atoms with van der Waals surface area (Å²) >= 11 is 0. The molecule has 8 nitrogen and oxygen atoms in total. The monoisotopic (exact) mass is 332 g/mol. The normalized spacial score (nSPS) is 10.6. The van der Waals surface area contributed by atoms with Gasteiger partial charge in [-0.05, 0) is 42.5 Å². The number of rotatable bonds is 4. The number of fused-ring (bicyclic) bond motifs is 1. The lowest BCUT2D eigenvalue weighted by molar-refractivity contribution is 0.0681. The van der Waals surface area contributed by atoms with E-state index in [2.05, 4.69) is 0 Å². The van der Waals surface area contributed by atoms with Crippen LogP contribution in [-0.4, -0.2) is 44.3 Å². The molecule has 2 aromatic carbocycles. The maximum Gasteiger partial charge on any atom is 0.336 e. The number of carboxylic acid groups (broad SMARTS) is 4. The summed E-state index contributed by atoms with van der Waals surface area (Å²) < 4.78 is 0. The lowest BCUT2D eigenvalue weighted by Crippen LogP contribution is -2.13. The van der Waals surface area contributed by atoms with E-state index in [-0.39, 0.29) is 33.0 Å². The molecule has 124 valence electrons. The first-order valence-corrected chi connectivity index (χ1v) is 6.62. The second-order valence-electron chi connectivity index (χ2n) is 5.16. The van der Waals surface area contributed by atoms with Crippen molar-refractivity contribution in [2.45, 2.75) is 13.8 Å². The van der Waals surface area contributed by atoms with Gasteiger partial charge in [-0.1, -0.05) is 0 Å². The third-order valence-corrected chi connectivity index (χ3v) is 3.85. The van der Waals surface area contributed by atoms with Crippen molar-refractivity contribution >= 4 is 34.6 Å². The molecule has 0 fully saturated rings. The average molecular weight is 332 g/mol. The molecule has 0 bridgehead atoms. The fourth-order valence-electron chi connectivity index (χ4n) is 2.77. The maximum atomic E-state index is 11.5. The third-order valence-electron chi connectivity index (χ3n) is 3.85. The van der Waals surface area contributed by atoms with Crippen molar-refractivity contribution in [2.24, 2.45) is 0 Å². The lowest BCUT2D eigenvalue weighted by Gasteiger charge is -2.16. The van der Waals surface area contributed by atoms with E-state index in [0.717, 1.165) is 12.1 Å². The minimum atomic E-state index is -1.51. The molecule has 0 heterocycles. The molecule has 0 amide bonds. The highest BCUT2D eigenvalue weighted by Crippen LogP contribution is 2.34. The molecule has 0 saturated carbocycles. The molecule has 0 spiro atoms. The van der Waals surface area contributed by atoms with Crippen LogP contribution in [0.3, 0.4) is 0 Å². The van der Waals surface area contributed by atoms with Crippen LogP contribution in [0.2, 0.25) is 0 Å². The molecule has 0 unspecified atom stereocenters. The van der Waals surface area contributed by atoms with Crippen molar-refractivity contribution in [2.75, 3.05) is 0 Å². The molecule has 0 saturated heterocycles. The summed E-state index contributed by atoms with van der Waals surface area (Å²) in [5, 5.41) is 37.0. The van der Waals surface area contributed by atoms with E-state index in [1.54, 1.807) is 0 Å². The number of carbonyl (C=O) groups is 4. The minimum absolute atomic E-state index is 0.00426. The summed E-state index contributed by atoms with van der Waals surface area (Å²) in [5.41, 5.74) is -1.48. The van der Waals surface area contributed by atoms with Gasteiger partial charge in [0, 0.05) is 5.39 Å². The number of benzene rings is 2. The van der Waals surface area contributed by atoms with E-state index < -0.39 is 35.0 Å². The largest absolute Gasteiger partial charge is 0.478 e. The zero-order valence-corrected chi connectivity index (χ0v) is 12.6. The number of hydrogen-bond acceptors (Lipinski definition) is 4. The Kier molecular flexibility index (Phi) is 3.99. The molecule has 8 heteroatoms. The molecule has 0 aliphatic heterocycles. The SMILES string of the molecule is Cc1c(C(=O)O)cc(C(=O)O)c2c(C(=O)O)cc(C(=O)O)c(C)c12. The van der Waals surface area contributed by atoms with Crippen LogP contribution < -0.4 is 0 Å². The van der Waals surface area contributed by atoms with E-state index in [1.165, 1.54) is 13.8 Å². The van der Waals surface area contributed by atoms with Crippen LogP contribution in [0.25, 0.3) is 10.8 Å². The van der Waals surface area contributed by atoms with Crippen LogP contribution in [0.5, 0.6) is 0 Å². The van der Waals surface area contributed by atoms with Gasteiger partial charge in [-0.25, -0.2) is 19.2 Å². The highest BCUT2D eigenvalue weighted by molar-refractivity contribution is 6.18. The summed E-state index contributed by atoms with van der Waals surface area (Å²) in [6.45, 7) is 2.75. The molecule has 0 aromatic heterocycles. The molecule has 24 heavy (non-hydrogen) atoms. The Morgan fingerprint density at radius 1 is 0.583 bits per heavy atom. The number of aryl methyl sites for hydroxylation is 2. The van der Waals surface area contributed by atoms with Gasteiger partial charge in [-0.2, -0.15) is 0 Å². The van der Waals surface area contributed by atoms with Crippen LogP contribution in [0.1, 0.15) is 52.6 Å². The Morgan fingerprint density at radius 3 is 1.12 bits per heavy atom.